The van der Waals surface area contributed by atoms with Crippen LogP contribution in [0.3, 0.4) is 0 Å². The number of carbonyl (C=O) groups is 1. The molecule has 1 heterocycles. The van der Waals surface area contributed by atoms with E-state index >= 15 is 0 Å². The summed E-state index contributed by atoms with van der Waals surface area (Å²) in [5.41, 5.74) is 7.04. The monoisotopic (exact) mass is 255 g/mol. The molecule has 0 bridgehead atoms. The lowest BCUT2D eigenvalue weighted by atomic mass is 10.0. The van der Waals surface area contributed by atoms with Crippen LogP contribution in [0.4, 0.5) is 0 Å². The second-order valence-electron chi connectivity index (χ2n) is 3.20. The highest BCUT2D eigenvalue weighted by Crippen LogP contribution is 2.34. The molecular weight excluding hydrogens is 246 g/mol. The van der Waals surface area contributed by atoms with E-state index in [-0.39, 0.29) is 12.1 Å². The number of halogens is 1. The molecule has 74 valence electrons. The van der Waals surface area contributed by atoms with Crippen LogP contribution in [0.25, 0.3) is 0 Å². The minimum Gasteiger partial charge on any atom is -0.454 e. The molecule has 14 heavy (non-hydrogen) atoms. The lowest BCUT2D eigenvalue weighted by molar-refractivity contribution is 0.0374. The zero-order valence-corrected chi connectivity index (χ0v) is 9.08. The molecule has 1 unspecified atom stereocenters. The van der Waals surface area contributed by atoms with Gasteiger partial charge in [0.15, 0.2) is 0 Å². The Morgan fingerprint density at radius 3 is 3.00 bits per heavy atom. The van der Waals surface area contributed by atoms with E-state index in [9.17, 15) is 4.79 Å². The molecule has 1 aliphatic rings. The number of ether oxygens (including phenoxy) is 1. The highest BCUT2D eigenvalue weighted by molar-refractivity contribution is 9.10. The number of fused-ring (bicyclic) bond motifs is 1. The zero-order valence-electron chi connectivity index (χ0n) is 7.50. The van der Waals surface area contributed by atoms with Gasteiger partial charge in [0.25, 0.3) is 0 Å². The summed E-state index contributed by atoms with van der Waals surface area (Å²) in [4.78, 5) is 11.4. The normalized spacial score (nSPS) is 19.3. The summed E-state index contributed by atoms with van der Waals surface area (Å²) in [5, 5.41) is 0. The van der Waals surface area contributed by atoms with E-state index in [1.807, 2.05) is 12.1 Å². The zero-order chi connectivity index (χ0) is 10.1. The fourth-order valence-electron chi connectivity index (χ4n) is 1.61. The van der Waals surface area contributed by atoms with Crippen LogP contribution in [-0.2, 0) is 4.74 Å². The Morgan fingerprint density at radius 2 is 2.29 bits per heavy atom. The molecule has 0 aromatic heterocycles. The van der Waals surface area contributed by atoms with E-state index in [2.05, 4.69) is 15.9 Å². The molecule has 0 spiro atoms. The quantitative estimate of drug-likeness (QED) is 0.823. The average molecular weight is 256 g/mol. The van der Waals surface area contributed by atoms with Crippen LogP contribution in [0.1, 0.15) is 28.4 Å². The molecule has 2 N–H and O–H groups in total. The van der Waals surface area contributed by atoms with Crippen molar-refractivity contribution in [3.8, 4) is 0 Å². The Morgan fingerprint density at radius 1 is 1.50 bits per heavy atom. The molecule has 1 aliphatic heterocycles. The molecule has 1 aromatic carbocycles. The van der Waals surface area contributed by atoms with Crippen molar-refractivity contribution in [2.24, 2.45) is 5.73 Å². The van der Waals surface area contributed by atoms with E-state index in [1.54, 1.807) is 6.07 Å². The first-order valence-electron chi connectivity index (χ1n) is 4.43. The second-order valence-corrected chi connectivity index (χ2v) is 4.12. The predicted molar refractivity (Wildman–Crippen MR) is 56.0 cm³/mol. The van der Waals surface area contributed by atoms with Crippen LogP contribution in [0.2, 0.25) is 0 Å². The predicted octanol–water partition coefficient (Wildman–Crippen LogP) is 2.01. The molecule has 0 aliphatic carbocycles. The van der Waals surface area contributed by atoms with Crippen molar-refractivity contribution < 1.29 is 9.53 Å². The summed E-state index contributed by atoms with van der Waals surface area (Å²) >= 11 is 3.37. The molecule has 0 radical (unpaired) electrons. The van der Waals surface area contributed by atoms with Gasteiger partial charge in [0.2, 0.25) is 0 Å². The summed E-state index contributed by atoms with van der Waals surface area (Å²) in [7, 11) is 0. The topological polar surface area (TPSA) is 52.3 Å². The molecule has 0 amide bonds. The molecular formula is C10H10BrNO2. The first-order valence-corrected chi connectivity index (χ1v) is 5.22. The third-order valence-electron chi connectivity index (χ3n) is 2.26. The van der Waals surface area contributed by atoms with E-state index in [0.29, 0.717) is 18.5 Å². The summed E-state index contributed by atoms with van der Waals surface area (Å²) in [6.07, 6.45) is 0.509. The number of benzene rings is 1. The van der Waals surface area contributed by atoms with Gasteiger partial charge in [0.1, 0.15) is 6.10 Å². The van der Waals surface area contributed by atoms with Crippen molar-refractivity contribution in [3.63, 3.8) is 0 Å². The van der Waals surface area contributed by atoms with Gasteiger partial charge in [0, 0.05) is 16.5 Å². The number of esters is 1. The molecule has 0 saturated heterocycles. The van der Waals surface area contributed by atoms with Gasteiger partial charge in [-0.1, -0.05) is 15.9 Å². The fraction of sp³-hybridized carbons (Fsp3) is 0.300. The molecule has 0 fully saturated rings. The minimum atomic E-state index is -0.244. The number of cyclic esters (lactones) is 1. The highest BCUT2D eigenvalue weighted by Gasteiger charge is 2.30. The first-order chi connectivity index (χ1) is 6.72. The smallest absolute Gasteiger partial charge is 0.339 e. The minimum absolute atomic E-state index is 0.167. The van der Waals surface area contributed by atoms with Crippen LogP contribution in [-0.4, -0.2) is 12.5 Å². The van der Waals surface area contributed by atoms with Gasteiger partial charge in [-0.05, 0) is 24.7 Å². The third kappa shape index (κ3) is 1.55. The van der Waals surface area contributed by atoms with Crippen molar-refractivity contribution in [2.75, 3.05) is 6.54 Å². The van der Waals surface area contributed by atoms with E-state index in [4.69, 9.17) is 10.5 Å². The number of carbonyl (C=O) groups excluding carboxylic acids is 1. The summed E-state index contributed by atoms with van der Waals surface area (Å²) in [6.45, 7) is 0.518. The van der Waals surface area contributed by atoms with E-state index in [0.717, 1.165) is 10.0 Å². The number of rotatable bonds is 2. The van der Waals surface area contributed by atoms with E-state index in [1.165, 1.54) is 0 Å². The van der Waals surface area contributed by atoms with Crippen LogP contribution < -0.4 is 5.73 Å². The maximum absolute atomic E-state index is 11.4. The molecule has 1 aromatic rings. The molecule has 3 nitrogen and oxygen atoms in total. The molecule has 0 saturated carbocycles. The van der Waals surface area contributed by atoms with Gasteiger partial charge in [-0.2, -0.15) is 0 Å². The van der Waals surface area contributed by atoms with E-state index < -0.39 is 0 Å². The maximum atomic E-state index is 11.4. The SMILES string of the molecule is NCCC1OC(=O)c2ccc(Br)cc21. The van der Waals surface area contributed by atoms with Crippen LogP contribution in [0.15, 0.2) is 22.7 Å². The highest BCUT2D eigenvalue weighted by atomic mass is 79.9. The number of hydrogen-bond donors (Lipinski definition) is 1. The van der Waals surface area contributed by atoms with Gasteiger partial charge >= 0.3 is 5.97 Å². The van der Waals surface area contributed by atoms with Gasteiger partial charge in [0.05, 0.1) is 5.56 Å². The van der Waals surface area contributed by atoms with Crippen molar-refractivity contribution in [2.45, 2.75) is 12.5 Å². The Bertz CT molecular complexity index is 378. The van der Waals surface area contributed by atoms with Crippen molar-refractivity contribution in [1.82, 2.24) is 0 Å². The summed E-state index contributed by atoms with van der Waals surface area (Å²) < 4.78 is 6.14. The standard InChI is InChI=1S/C10H10BrNO2/c11-6-1-2-7-8(5-6)9(3-4-12)14-10(7)13/h1-2,5,9H,3-4,12H2. The lowest BCUT2D eigenvalue weighted by Crippen LogP contribution is -2.07. The molecule has 1 atom stereocenters. The van der Waals surface area contributed by atoms with Crippen LogP contribution in [0.5, 0.6) is 0 Å². The Labute approximate surface area is 90.4 Å². The largest absolute Gasteiger partial charge is 0.454 e. The molecule has 2 rings (SSSR count). The van der Waals surface area contributed by atoms with Crippen LogP contribution in [0, 0.1) is 0 Å². The molecule has 4 heteroatoms. The number of hydrogen-bond acceptors (Lipinski definition) is 3. The van der Waals surface area contributed by atoms with Gasteiger partial charge in [-0.25, -0.2) is 4.79 Å². The van der Waals surface area contributed by atoms with Crippen molar-refractivity contribution >= 4 is 21.9 Å². The first kappa shape index (κ1) is 9.68. The van der Waals surface area contributed by atoms with Gasteiger partial charge in [-0.15, -0.1) is 0 Å². The number of nitrogens with two attached hydrogens (primary N) is 1. The van der Waals surface area contributed by atoms with Gasteiger partial charge < -0.3 is 10.5 Å². The second kappa shape index (κ2) is 3.71. The maximum Gasteiger partial charge on any atom is 0.339 e. The lowest BCUT2D eigenvalue weighted by Gasteiger charge is -2.08. The average Bonchev–Trinajstić information content (AvgIpc) is 2.44. The summed E-state index contributed by atoms with van der Waals surface area (Å²) in [5.74, 6) is -0.244. The van der Waals surface area contributed by atoms with Crippen molar-refractivity contribution in [1.29, 1.82) is 0 Å². The third-order valence-corrected chi connectivity index (χ3v) is 2.75. The van der Waals surface area contributed by atoms with Crippen molar-refractivity contribution in [3.05, 3.63) is 33.8 Å². The Balaban J connectivity index is 2.40. The fourth-order valence-corrected chi connectivity index (χ4v) is 1.99. The van der Waals surface area contributed by atoms with Gasteiger partial charge in [-0.3, -0.25) is 0 Å². The Hall–Kier alpha value is -0.870. The Kier molecular flexibility index (Phi) is 2.56. The van der Waals surface area contributed by atoms with Crippen LogP contribution >= 0.6 is 15.9 Å². The summed E-state index contributed by atoms with van der Waals surface area (Å²) in [6, 6.07) is 5.53.